The van der Waals surface area contributed by atoms with Crippen molar-refractivity contribution in [1.82, 2.24) is 9.97 Å². The van der Waals surface area contributed by atoms with Crippen LogP contribution in [0.1, 0.15) is 0 Å². The van der Waals surface area contributed by atoms with Gasteiger partial charge in [-0.15, -0.1) is 0 Å². The molecular weight excluding hydrogens is 308 g/mol. The maximum absolute atomic E-state index is 12.6. The molecule has 0 aliphatic heterocycles. The molecule has 4 N–H and O–H groups in total. The Morgan fingerprint density at radius 3 is 2.43 bits per heavy atom. The third kappa shape index (κ3) is 2.43. The van der Waals surface area contributed by atoms with Gasteiger partial charge in [-0.1, -0.05) is 29.8 Å². The number of hydrogen-bond donors (Lipinski definition) is 2. The number of rotatable bonds is 2. The topological polar surface area (TPSA) is 94.9 Å². The first-order valence-corrected chi connectivity index (χ1v) is 7.58. The SMILES string of the molecule is Nc1nc(N)c2c(Cl)c(S(=O)c3ccccc3)ccc2n1. The first-order chi connectivity index (χ1) is 10.1. The van der Waals surface area contributed by atoms with E-state index in [2.05, 4.69) is 9.97 Å². The van der Waals surface area contributed by atoms with Crippen LogP contribution in [0.15, 0.2) is 52.3 Å². The van der Waals surface area contributed by atoms with Crippen LogP contribution in [0, 0.1) is 0 Å². The van der Waals surface area contributed by atoms with E-state index in [0.29, 0.717) is 20.7 Å². The Balaban J connectivity index is 2.21. The average Bonchev–Trinajstić information content (AvgIpc) is 2.47. The third-order valence-electron chi connectivity index (χ3n) is 2.97. The fourth-order valence-corrected chi connectivity index (χ4v) is 3.61. The number of hydrogen-bond acceptors (Lipinski definition) is 5. The molecule has 5 nitrogen and oxygen atoms in total. The monoisotopic (exact) mass is 318 g/mol. The van der Waals surface area contributed by atoms with E-state index in [1.54, 1.807) is 24.3 Å². The van der Waals surface area contributed by atoms with Crippen LogP contribution in [0.4, 0.5) is 11.8 Å². The van der Waals surface area contributed by atoms with E-state index in [1.807, 2.05) is 18.2 Å². The summed E-state index contributed by atoms with van der Waals surface area (Å²) in [6.07, 6.45) is 0. The van der Waals surface area contributed by atoms with Crippen molar-refractivity contribution in [3.05, 3.63) is 47.5 Å². The lowest BCUT2D eigenvalue weighted by atomic mass is 10.2. The maximum Gasteiger partial charge on any atom is 0.222 e. The van der Waals surface area contributed by atoms with Crippen molar-refractivity contribution in [3.63, 3.8) is 0 Å². The molecule has 1 unspecified atom stereocenters. The summed E-state index contributed by atoms with van der Waals surface area (Å²) in [6, 6.07) is 12.4. The molecule has 0 bridgehead atoms. The second kappa shape index (κ2) is 5.31. The van der Waals surface area contributed by atoms with Crippen molar-refractivity contribution < 1.29 is 4.21 Å². The third-order valence-corrected chi connectivity index (χ3v) is 4.91. The summed E-state index contributed by atoms with van der Waals surface area (Å²) in [5.74, 6) is 0.252. The van der Waals surface area contributed by atoms with Crippen molar-refractivity contribution in [3.8, 4) is 0 Å². The van der Waals surface area contributed by atoms with Gasteiger partial charge in [-0.2, -0.15) is 4.98 Å². The second-order valence-corrected chi connectivity index (χ2v) is 6.15. The van der Waals surface area contributed by atoms with E-state index < -0.39 is 10.8 Å². The fraction of sp³-hybridized carbons (Fsp3) is 0. The summed E-state index contributed by atoms with van der Waals surface area (Å²) in [7, 11) is -1.40. The molecule has 0 radical (unpaired) electrons. The predicted molar refractivity (Wildman–Crippen MR) is 84.5 cm³/mol. The number of nitrogens with zero attached hydrogens (tertiary/aromatic N) is 2. The first kappa shape index (κ1) is 13.8. The summed E-state index contributed by atoms with van der Waals surface area (Å²) >= 11 is 6.35. The van der Waals surface area contributed by atoms with Gasteiger partial charge in [0.05, 0.1) is 31.6 Å². The molecule has 0 amide bonds. The molecule has 1 heterocycles. The van der Waals surface area contributed by atoms with Crippen LogP contribution < -0.4 is 11.5 Å². The molecule has 0 saturated carbocycles. The van der Waals surface area contributed by atoms with Crippen LogP contribution in [0.2, 0.25) is 5.02 Å². The lowest BCUT2D eigenvalue weighted by Gasteiger charge is -2.09. The zero-order valence-corrected chi connectivity index (χ0v) is 12.4. The highest BCUT2D eigenvalue weighted by Crippen LogP contribution is 2.33. The highest BCUT2D eigenvalue weighted by Gasteiger charge is 2.16. The van der Waals surface area contributed by atoms with E-state index >= 15 is 0 Å². The van der Waals surface area contributed by atoms with E-state index in [4.69, 9.17) is 23.1 Å². The van der Waals surface area contributed by atoms with Crippen molar-refractivity contribution in [1.29, 1.82) is 0 Å². The molecule has 0 aliphatic rings. The van der Waals surface area contributed by atoms with Gasteiger partial charge in [0, 0.05) is 4.90 Å². The number of fused-ring (bicyclic) bond motifs is 1. The second-order valence-electron chi connectivity index (χ2n) is 4.32. The van der Waals surface area contributed by atoms with Gasteiger partial charge < -0.3 is 11.5 Å². The molecule has 0 spiro atoms. The van der Waals surface area contributed by atoms with Crippen LogP contribution in [-0.4, -0.2) is 14.2 Å². The first-order valence-electron chi connectivity index (χ1n) is 6.06. The summed E-state index contributed by atoms with van der Waals surface area (Å²) < 4.78 is 12.6. The minimum Gasteiger partial charge on any atom is -0.383 e. The number of anilines is 2. The lowest BCUT2D eigenvalue weighted by Crippen LogP contribution is -2.02. The van der Waals surface area contributed by atoms with Gasteiger partial charge in [-0.3, -0.25) is 0 Å². The standard InChI is InChI=1S/C14H11ClN4OS/c15-12-10(21(20)8-4-2-1-3-5-8)7-6-9-11(12)13(16)19-14(17)18-9/h1-7H,(H4,16,17,18,19). The Kier molecular flexibility index (Phi) is 3.48. The summed E-state index contributed by atoms with van der Waals surface area (Å²) in [4.78, 5) is 9.10. The Morgan fingerprint density at radius 1 is 1.00 bits per heavy atom. The maximum atomic E-state index is 12.6. The average molecular weight is 319 g/mol. The van der Waals surface area contributed by atoms with Gasteiger partial charge in [0.15, 0.2) is 0 Å². The Hall–Kier alpha value is -2.18. The van der Waals surface area contributed by atoms with Gasteiger partial charge in [0.25, 0.3) is 0 Å². The quantitative estimate of drug-likeness (QED) is 0.757. The molecule has 106 valence electrons. The minimum absolute atomic E-state index is 0.0769. The summed E-state index contributed by atoms with van der Waals surface area (Å²) in [5, 5.41) is 0.750. The Morgan fingerprint density at radius 2 is 1.71 bits per heavy atom. The predicted octanol–water partition coefficient (Wildman–Crippen LogP) is 2.61. The number of aromatic nitrogens is 2. The van der Waals surface area contributed by atoms with Crippen LogP contribution in [0.5, 0.6) is 0 Å². The largest absolute Gasteiger partial charge is 0.383 e. The Bertz CT molecular complexity index is 854. The lowest BCUT2D eigenvalue weighted by molar-refractivity contribution is 0.683. The summed E-state index contributed by atoms with van der Waals surface area (Å²) in [6.45, 7) is 0. The van der Waals surface area contributed by atoms with Gasteiger partial charge in [0.2, 0.25) is 5.95 Å². The van der Waals surface area contributed by atoms with Gasteiger partial charge in [-0.25, -0.2) is 9.19 Å². The minimum atomic E-state index is -1.40. The molecule has 1 atom stereocenters. The molecule has 21 heavy (non-hydrogen) atoms. The Labute approximate surface area is 128 Å². The van der Waals surface area contributed by atoms with Crippen molar-refractivity contribution in [2.75, 3.05) is 11.5 Å². The zero-order chi connectivity index (χ0) is 15.0. The molecular formula is C14H11ClN4OS. The molecule has 1 aromatic heterocycles. The van der Waals surface area contributed by atoms with Crippen LogP contribution >= 0.6 is 11.6 Å². The molecule has 0 saturated heterocycles. The molecule has 0 fully saturated rings. The molecule has 7 heteroatoms. The van der Waals surface area contributed by atoms with Crippen molar-refractivity contribution in [2.45, 2.75) is 9.79 Å². The highest BCUT2D eigenvalue weighted by molar-refractivity contribution is 7.85. The van der Waals surface area contributed by atoms with E-state index in [1.165, 1.54) is 0 Å². The van der Waals surface area contributed by atoms with Crippen molar-refractivity contribution >= 4 is 45.1 Å². The van der Waals surface area contributed by atoms with Gasteiger partial charge in [-0.05, 0) is 24.3 Å². The fourth-order valence-electron chi connectivity index (χ4n) is 2.03. The van der Waals surface area contributed by atoms with Gasteiger partial charge >= 0.3 is 0 Å². The van der Waals surface area contributed by atoms with E-state index in [0.717, 1.165) is 0 Å². The number of nitrogens with two attached hydrogens (primary N) is 2. The van der Waals surface area contributed by atoms with Crippen molar-refractivity contribution in [2.24, 2.45) is 0 Å². The molecule has 2 aromatic carbocycles. The molecule has 3 aromatic rings. The van der Waals surface area contributed by atoms with Crippen LogP contribution in [0.3, 0.4) is 0 Å². The molecule has 3 rings (SSSR count). The van der Waals surface area contributed by atoms with Gasteiger partial charge in [0.1, 0.15) is 5.82 Å². The van der Waals surface area contributed by atoms with Crippen LogP contribution in [-0.2, 0) is 10.8 Å². The number of benzene rings is 2. The zero-order valence-electron chi connectivity index (χ0n) is 10.8. The molecule has 0 aliphatic carbocycles. The van der Waals surface area contributed by atoms with Crippen LogP contribution in [0.25, 0.3) is 10.9 Å². The number of halogens is 1. The summed E-state index contributed by atoms with van der Waals surface area (Å²) in [5.41, 5.74) is 11.9. The smallest absolute Gasteiger partial charge is 0.222 e. The van der Waals surface area contributed by atoms with E-state index in [9.17, 15) is 4.21 Å². The number of nitrogen functional groups attached to an aromatic ring is 2. The normalized spacial score (nSPS) is 12.4. The highest BCUT2D eigenvalue weighted by atomic mass is 35.5. The van der Waals surface area contributed by atoms with E-state index in [-0.39, 0.29) is 16.8 Å².